The van der Waals surface area contributed by atoms with Gasteiger partial charge >= 0.3 is 17.6 Å². The van der Waals surface area contributed by atoms with Gasteiger partial charge in [-0.25, -0.2) is 14.8 Å². The number of fused-ring (bicyclic) bond motifs is 1. The number of esters is 2. The number of aryl methyl sites for hydroxylation is 1. The zero-order chi connectivity index (χ0) is 20.3. The Morgan fingerprint density at radius 2 is 1.59 bits per heavy atom. The standard InChI is InChI=1S/C16H18N4O7/c1-5-26-14(23)9(15(24)27-6-2)11(21)8-7-17-12-10(18-8)13(22)20(4)16(25)19(12)3/h7,9H,5-6H2,1-4H3. The van der Waals surface area contributed by atoms with E-state index in [0.717, 1.165) is 15.3 Å². The van der Waals surface area contributed by atoms with E-state index in [1.54, 1.807) is 0 Å². The van der Waals surface area contributed by atoms with Crippen LogP contribution in [0.5, 0.6) is 0 Å². The van der Waals surface area contributed by atoms with Crippen LogP contribution < -0.4 is 11.2 Å². The van der Waals surface area contributed by atoms with E-state index in [4.69, 9.17) is 9.47 Å². The molecule has 0 aliphatic heterocycles. The van der Waals surface area contributed by atoms with E-state index in [0.29, 0.717) is 0 Å². The van der Waals surface area contributed by atoms with E-state index >= 15 is 0 Å². The molecule has 0 bridgehead atoms. The second kappa shape index (κ2) is 7.89. The molecule has 0 aliphatic carbocycles. The second-order valence-corrected chi connectivity index (χ2v) is 5.43. The molecule has 0 unspecified atom stereocenters. The Morgan fingerprint density at radius 1 is 1.04 bits per heavy atom. The zero-order valence-corrected chi connectivity index (χ0v) is 15.2. The minimum absolute atomic E-state index is 0.0385. The number of carbonyl (C=O) groups is 3. The molecule has 11 nitrogen and oxygen atoms in total. The molecule has 2 aromatic heterocycles. The lowest BCUT2D eigenvalue weighted by Crippen LogP contribution is -2.38. The Morgan fingerprint density at radius 3 is 2.11 bits per heavy atom. The van der Waals surface area contributed by atoms with Crippen molar-refractivity contribution in [2.24, 2.45) is 20.0 Å². The highest BCUT2D eigenvalue weighted by molar-refractivity contribution is 6.20. The summed E-state index contributed by atoms with van der Waals surface area (Å²) >= 11 is 0. The zero-order valence-electron chi connectivity index (χ0n) is 15.2. The molecular weight excluding hydrogens is 360 g/mol. The van der Waals surface area contributed by atoms with Gasteiger partial charge in [-0.1, -0.05) is 0 Å². The molecule has 0 saturated carbocycles. The van der Waals surface area contributed by atoms with Gasteiger partial charge in [-0.2, -0.15) is 0 Å². The Kier molecular flexibility index (Phi) is 5.83. The monoisotopic (exact) mass is 378 g/mol. The summed E-state index contributed by atoms with van der Waals surface area (Å²) in [7, 11) is 2.64. The minimum atomic E-state index is -1.88. The fourth-order valence-corrected chi connectivity index (χ4v) is 2.36. The Labute approximate surface area is 152 Å². The molecule has 144 valence electrons. The van der Waals surface area contributed by atoms with Crippen molar-refractivity contribution in [3.63, 3.8) is 0 Å². The van der Waals surface area contributed by atoms with Crippen LogP contribution in [0.15, 0.2) is 15.8 Å². The highest BCUT2D eigenvalue weighted by Crippen LogP contribution is 2.13. The second-order valence-electron chi connectivity index (χ2n) is 5.43. The molecular formula is C16H18N4O7. The number of carbonyl (C=O) groups excluding carboxylic acids is 3. The highest BCUT2D eigenvalue weighted by Gasteiger charge is 2.38. The number of aromatic nitrogens is 4. The average molecular weight is 378 g/mol. The van der Waals surface area contributed by atoms with Crippen LogP contribution in [0.2, 0.25) is 0 Å². The summed E-state index contributed by atoms with van der Waals surface area (Å²) in [5, 5.41) is 0. The molecule has 0 atom stereocenters. The maximum atomic E-state index is 12.7. The van der Waals surface area contributed by atoms with E-state index in [9.17, 15) is 24.0 Å². The van der Waals surface area contributed by atoms with Crippen LogP contribution in [0, 0.1) is 5.92 Å². The molecule has 0 saturated heterocycles. The van der Waals surface area contributed by atoms with E-state index in [-0.39, 0.29) is 24.4 Å². The molecule has 0 aliphatic rings. The quantitative estimate of drug-likeness (QED) is 0.350. The third kappa shape index (κ3) is 3.61. The number of rotatable bonds is 6. The van der Waals surface area contributed by atoms with Crippen molar-refractivity contribution in [2.75, 3.05) is 13.2 Å². The van der Waals surface area contributed by atoms with Gasteiger partial charge in [-0.05, 0) is 13.8 Å². The van der Waals surface area contributed by atoms with Crippen molar-refractivity contribution >= 4 is 28.9 Å². The van der Waals surface area contributed by atoms with Crippen LogP contribution in [0.25, 0.3) is 11.2 Å². The lowest BCUT2D eigenvalue weighted by atomic mass is 10.0. The molecule has 2 aromatic rings. The Hall–Kier alpha value is -3.37. The van der Waals surface area contributed by atoms with Gasteiger partial charge in [-0.3, -0.25) is 28.3 Å². The van der Waals surface area contributed by atoms with Crippen LogP contribution in [0.4, 0.5) is 0 Å². The van der Waals surface area contributed by atoms with Crippen molar-refractivity contribution in [1.82, 2.24) is 19.1 Å². The van der Waals surface area contributed by atoms with E-state index < -0.39 is 40.6 Å². The molecule has 2 heterocycles. The van der Waals surface area contributed by atoms with E-state index in [1.165, 1.54) is 27.9 Å². The van der Waals surface area contributed by atoms with Crippen LogP contribution in [-0.2, 0) is 33.2 Å². The van der Waals surface area contributed by atoms with Gasteiger partial charge in [0.25, 0.3) is 5.56 Å². The molecule has 0 spiro atoms. The van der Waals surface area contributed by atoms with Gasteiger partial charge in [0.2, 0.25) is 11.7 Å². The molecule has 0 radical (unpaired) electrons. The molecule has 11 heteroatoms. The van der Waals surface area contributed by atoms with Crippen molar-refractivity contribution in [2.45, 2.75) is 13.8 Å². The first-order valence-electron chi connectivity index (χ1n) is 8.04. The highest BCUT2D eigenvalue weighted by atomic mass is 16.6. The normalized spacial score (nSPS) is 10.9. The average Bonchev–Trinajstić information content (AvgIpc) is 2.64. The molecule has 27 heavy (non-hydrogen) atoms. The summed E-state index contributed by atoms with van der Waals surface area (Å²) in [4.78, 5) is 68.8. The summed E-state index contributed by atoms with van der Waals surface area (Å²) in [6, 6.07) is 0. The minimum Gasteiger partial charge on any atom is -0.465 e. The number of ether oxygens (including phenoxy) is 2. The predicted octanol–water partition coefficient (Wildman–Crippen LogP) is -1.05. The lowest BCUT2D eigenvalue weighted by Gasteiger charge is -2.13. The summed E-state index contributed by atoms with van der Waals surface area (Å²) in [6.45, 7) is 2.94. The van der Waals surface area contributed by atoms with Gasteiger partial charge in [0.15, 0.2) is 11.2 Å². The van der Waals surface area contributed by atoms with Crippen molar-refractivity contribution < 1.29 is 23.9 Å². The van der Waals surface area contributed by atoms with Crippen molar-refractivity contribution in [3.05, 3.63) is 32.7 Å². The van der Waals surface area contributed by atoms with Crippen LogP contribution in [-0.4, -0.2) is 50.0 Å². The van der Waals surface area contributed by atoms with E-state index in [2.05, 4.69) is 9.97 Å². The predicted molar refractivity (Wildman–Crippen MR) is 91.1 cm³/mol. The van der Waals surface area contributed by atoms with Crippen molar-refractivity contribution in [3.8, 4) is 0 Å². The summed E-state index contributed by atoms with van der Waals surface area (Å²) in [5.74, 6) is -5.07. The van der Waals surface area contributed by atoms with Gasteiger partial charge < -0.3 is 9.47 Å². The van der Waals surface area contributed by atoms with Crippen LogP contribution in [0.3, 0.4) is 0 Å². The van der Waals surface area contributed by atoms with Crippen LogP contribution >= 0.6 is 0 Å². The molecule has 0 fully saturated rings. The number of nitrogens with zero attached hydrogens (tertiary/aromatic N) is 4. The number of hydrogen-bond acceptors (Lipinski definition) is 9. The summed E-state index contributed by atoms with van der Waals surface area (Å²) in [5.41, 5.74) is -2.07. The van der Waals surface area contributed by atoms with Gasteiger partial charge in [-0.15, -0.1) is 0 Å². The molecule has 0 N–H and O–H groups in total. The van der Waals surface area contributed by atoms with E-state index in [1.807, 2.05) is 0 Å². The first-order valence-corrected chi connectivity index (χ1v) is 8.04. The topological polar surface area (TPSA) is 139 Å². The number of Topliss-reactive ketones (excluding diaryl/α,β-unsaturated/α-hetero) is 1. The first kappa shape index (κ1) is 19.9. The van der Waals surface area contributed by atoms with Gasteiger partial charge in [0.1, 0.15) is 5.69 Å². The summed E-state index contributed by atoms with van der Waals surface area (Å²) in [6.07, 6.45) is 0.981. The van der Waals surface area contributed by atoms with Gasteiger partial charge in [0, 0.05) is 14.1 Å². The van der Waals surface area contributed by atoms with Crippen LogP contribution in [0.1, 0.15) is 24.3 Å². The maximum absolute atomic E-state index is 12.7. The van der Waals surface area contributed by atoms with Gasteiger partial charge in [0.05, 0.1) is 19.4 Å². The fourth-order valence-electron chi connectivity index (χ4n) is 2.36. The number of hydrogen-bond donors (Lipinski definition) is 0. The third-order valence-corrected chi connectivity index (χ3v) is 3.71. The smallest absolute Gasteiger partial charge is 0.332 e. The third-order valence-electron chi connectivity index (χ3n) is 3.71. The Balaban J connectivity index is 2.60. The summed E-state index contributed by atoms with van der Waals surface area (Å²) < 4.78 is 11.4. The maximum Gasteiger partial charge on any atom is 0.332 e. The SMILES string of the molecule is CCOC(=O)C(C(=O)OCC)C(=O)c1cnc2c(n1)c(=O)n(C)c(=O)n2C. The lowest BCUT2D eigenvalue weighted by molar-refractivity contribution is -0.158. The van der Waals surface area contributed by atoms with Crippen molar-refractivity contribution in [1.29, 1.82) is 0 Å². The largest absolute Gasteiger partial charge is 0.465 e. The molecule has 0 aromatic carbocycles. The Bertz CT molecular complexity index is 1020. The molecule has 0 amide bonds. The fraction of sp³-hybridized carbons (Fsp3) is 0.438. The first-order chi connectivity index (χ1) is 12.7. The number of ketones is 1. The molecule has 2 rings (SSSR count).